The third-order valence-electron chi connectivity index (χ3n) is 2.96. The van der Waals surface area contributed by atoms with Crippen LogP contribution >= 0.6 is 0 Å². The molecule has 0 aromatic carbocycles. The van der Waals surface area contributed by atoms with E-state index in [0.29, 0.717) is 6.04 Å². The molecule has 0 heterocycles. The van der Waals surface area contributed by atoms with Crippen molar-refractivity contribution in [1.82, 2.24) is 5.32 Å². The van der Waals surface area contributed by atoms with Gasteiger partial charge >= 0.3 is 0 Å². The van der Waals surface area contributed by atoms with Crippen molar-refractivity contribution >= 4 is 0 Å². The molecule has 13 heavy (non-hydrogen) atoms. The van der Waals surface area contributed by atoms with Crippen molar-refractivity contribution in [3.63, 3.8) is 0 Å². The smallest absolute Gasteiger partial charge is 0.0238 e. The summed E-state index contributed by atoms with van der Waals surface area (Å²) in [6, 6.07) is 1.21. The van der Waals surface area contributed by atoms with Crippen LogP contribution in [0.25, 0.3) is 0 Å². The maximum atomic E-state index is 5.27. The Balaban J connectivity index is 2.19. The minimum Gasteiger partial charge on any atom is -0.311 e. The minimum atomic E-state index is 0.489. The third kappa shape index (κ3) is 3.83. The second-order valence-corrected chi connectivity index (χ2v) is 4.43. The first kappa shape index (κ1) is 10.6. The summed E-state index contributed by atoms with van der Waals surface area (Å²) in [5.41, 5.74) is 0. The van der Waals surface area contributed by atoms with Gasteiger partial charge in [0.2, 0.25) is 0 Å². The molecule has 0 bridgehead atoms. The molecule has 1 saturated carbocycles. The zero-order valence-electron chi connectivity index (χ0n) is 8.84. The van der Waals surface area contributed by atoms with Gasteiger partial charge in [-0.2, -0.15) is 0 Å². The molecule has 0 aromatic heterocycles. The van der Waals surface area contributed by atoms with Crippen LogP contribution in [-0.2, 0) is 0 Å². The van der Waals surface area contributed by atoms with Gasteiger partial charge < -0.3 is 5.32 Å². The van der Waals surface area contributed by atoms with Crippen LogP contribution in [-0.4, -0.2) is 12.1 Å². The molecule has 0 saturated heterocycles. The Morgan fingerprint density at radius 2 is 2.00 bits per heavy atom. The Kier molecular flexibility index (Phi) is 4.32. The van der Waals surface area contributed by atoms with Gasteiger partial charge in [0.1, 0.15) is 0 Å². The Bertz CT molecular complexity index is 172. The average molecular weight is 179 g/mol. The normalized spacial score (nSPS) is 30.8. The summed E-state index contributed by atoms with van der Waals surface area (Å²) in [5, 5.41) is 3.60. The van der Waals surface area contributed by atoms with E-state index in [1.54, 1.807) is 0 Å². The van der Waals surface area contributed by atoms with E-state index in [-0.39, 0.29) is 0 Å². The molecule has 0 spiro atoms. The molecule has 0 aliphatic heterocycles. The Hall–Kier alpha value is -0.480. The molecular formula is C12H21N. The van der Waals surface area contributed by atoms with Crippen LogP contribution in [0.1, 0.15) is 46.0 Å². The topological polar surface area (TPSA) is 12.0 Å². The lowest BCUT2D eigenvalue weighted by molar-refractivity contribution is 0.291. The lowest BCUT2D eigenvalue weighted by atomic mass is 9.87. The Morgan fingerprint density at radius 3 is 2.54 bits per heavy atom. The SMILES string of the molecule is C#CCC(C)NC1CCC(C)CC1. The molecule has 0 amide bonds. The summed E-state index contributed by atoms with van der Waals surface area (Å²) >= 11 is 0. The molecule has 1 fully saturated rings. The van der Waals surface area contributed by atoms with Gasteiger partial charge in [-0.1, -0.05) is 6.92 Å². The largest absolute Gasteiger partial charge is 0.311 e. The van der Waals surface area contributed by atoms with E-state index in [4.69, 9.17) is 6.42 Å². The van der Waals surface area contributed by atoms with Crippen LogP contribution in [0.2, 0.25) is 0 Å². The first-order chi connectivity index (χ1) is 6.22. The lowest BCUT2D eigenvalue weighted by Gasteiger charge is -2.29. The fraction of sp³-hybridized carbons (Fsp3) is 0.833. The monoisotopic (exact) mass is 179 g/mol. The van der Waals surface area contributed by atoms with Crippen LogP contribution in [0.5, 0.6) is 0 Å². The highest BCUT2D eigenvalue weighted by molar-refractivity contribution is 4.89. The molecule has 1 heteroatoms. The van der Waals surface area contributed by atoms with E-state index in [0.717, 1.165) is 18.4 Å². The lowest BCUT2D eigenvalue weighted by Crippen LogP contribution is -2.38. The fourth-order valence-corrected chi connectivity index (χ4v) is 2.06. The second kappa shape index (κ2) is 5.29. The van der Waals surface area contributed by atoms with Gasteiger partial charge in [-0.05, 0) is 38.5 Å². The van der Waals surface area contributed by atoms with Crippen molar-refractivity contribution in [1.29, 1.82) is 0 Å². The zero-order chi connectivity index (χ0) is 9.68. The van der Waals surface area contributed by atoms with Crippen LogP contribution < -0.4 is 5.32 Å². The van der Waals surface area contributed by atoms with Gasteiger partial charge in [0, 0.05) is 18.5 Å². The molecule has 1 nitrogen and oxygen atoms in total. The summed E-state index contributed by atoms with van der Waals surface area (Å²) in [6.45, 7) is 4.53. The molecule has 1 aliphatic carbocycles. The van der Waals surface area contributed by atoms with Crippen molar-refractivity contribution < 1.29 is 0 Å². The van der Waals surface area contributed by atoms with Gasteiger partial charge in [0.25, 0.3) is 0 Å². The van der Waals surface area contributed by atoms with E-state index in [1.165, 1.54) is 25.7 Å². The minimum absolute atomic E-state index is 0.489. The van der Waals surface area contributed by atoms with Crippen molar-refractivity contribution in [2.75, 3.05) is 0 Å². The first-order valence-electron chi connectivity index (χ1n) is 5.42. The summed E-state index contributed by atoms with van der Waals surface area (Å²) in [6.07, 6.45) is 11.5. The van der Waals surface area contributed by atoms with Crippen molar-refractivity contribution in [2.45, 2.75) is 58.0 Å². The highest BCUT2D eigenvalue weighted by Crippen LogP contribution is 2.23. The quantitative estimate of drug-likeness (QED) is 0.657. The van der Waals surface area contributed by atoms with Crippen LogP contribution in [0.4, 0.5) is 0 Å². The number of hydrogen-bond acceptors (Lipinski definition) is 1. The number of rotatable bonds is 3. The zero-order valence-corrected chi connectivity index (χ0v) is 8.84. The van der Waals surface area contributed by atoms with Crippen LogP contribution in [0, 0.1) is 18.3 Å². The van der Waals surface area contributed by atoms with E-state index >= 15 is 0 Å². The average Bonchev–Trinajstić information content (AvgIpc) is 2.09. The van der Waals surface area contributed by atoms with E-state index in [2.05, 4.69) is 25.1 Å². The van der Waals surface area contributed by atoms with Crippen LogP contribution in [0.15, 0.2) is 0 Å². The number of terminal acetylenes is 1. The van der Waals surface area contributed by atoms with Gasteiger partial charge in [-0.15, -0.1) is 12.3 Å². The van der Waals surface area contributed by atoms with Crippen LogP contribution in [0.3, 0.4) is 0 Å². The predicted octanol–water partition coefficient (Wildman–Crippen LogP) is 2.57. The summed E-state index contributed by atoms with van der Waals surface area (Å²) in [7, 11) is 0. The molecule has 1 N–H and O–H groups in total. The first-order valence-corrected chi connectivity index (χ1v) is 5.42. The number of hydrogen-bond donors (Lipinski definition) is 1. The van der Waals surface area contributed by atoms with Gasteiger partial charge in [-0.3, -0.25) is 0 Å². The molecule has 1 aliphatic rings. The summed E-state index contributed by atoms with van der Waals surface area (Å²) in [5.74, 6) is 3.63. The standard InChI is InChI=1S/C12H21N/c1-4-5-11(3)13-12-8-6-10(2)7-9-12/h1,10-13H,5-9H2,2-3H3. The van der Waals surface area contributed by atoms with E-state index < -0.39 is 0 Å². The van der Waals surface area contributed by atoms with Gasteiger partial charge in [0.15, 0.2) is 0 Å². The number of nitrogens with one attached hydrogen (secondary N) is 1. The molecule has 0 radical (unpaired) electrons. The highest BCUT2D eigenvalue weighted by atomic mass is 14.9. The fourth-order valence-electron chi connectivity index (χ4n) is 2.06. The Morgan fingerprint density at radius 1 is 1.38 bits per heavy atom. The van der Waals surface area contributed by atoms with Crippen molar-refractivity contribution in [2.24, 2.45) is 5.92 Å². The summed E-state index contributed by atoms with van der Waals surface area (Å²) < 4.78 is 0. The van der Waals surface area contributed by atoms with Gasteiger partial charge in [0.05, 0.1) is 0 Å². The molecule has 1 unspecified atom stereocenters. The van der Waals surface area contributed by atoms with E-state index in [1.807, 2.05) is 0 Å². The highest BCUT2D eigenvalue weighted by Gasteiger charge is 2.18. The maximum absolute atomic E-state index is 5.27. The van der Waals surface area contributed by atoms with Crippen molar-refractivity contribution in [3.8, 4) is 12.3 Å². The molecule has 1 atom stereocenters. The Labute approximate surface area is 82.3 Å². The molecule has 1 rings (SSSR count). The van der Waals surface area contributed by atoms with Crippen molar-refractivity contribution in [3.05, 3.63) is 0 Å². The summed E-state index contributed by atoms with van der Waals surface area (Å²) in [4.78, 5) is 0. The maximum Gasteiger partial charge on any atom is 0.0238 e. The predicted molar refractivity (Wildman–Crippen MR) is 57.5 cm³/mol. The molecule has 0 aromatic rings. The van der Waals surface area contributed by atoms with Gasteiger partial charge in [-0.25, -0.2) is 0 Å². The molecular weight excluding hydrogens is 158 g/mol. The second-order valence-electron chi connectivity index (χ2n) is 4.43. The molecule has 74 valence electrons. The third-order valence-corrected chi connectivity index (χ3v) is 2.96. The van der Waals surface area contributed by atoms with E-state index in [9.17, 15) is 0 Å².